The normalized spacial score (nSPS) is 13.2. The van der Waals surface area contributed by atoms with Crippen LogP contribution in [0.4, 0.5) is 0 Å². The summed E-state index contributed by atoms with van der Waals surface area (Å²) in [6, 6.07) is 0.456. The molecule has 1 rings (SSSR count). The van der Waals surface area contributed by atoms with Gasteiger partial charge in [-0.15, -0.1) is 11.3 Å². The molecule has 1 aromatic heterocycles. The zero-order valence-electron chi connectivity index (χ0n) is 13.9. The predicted octanol–water partition coefficient (Wildman–Crippen LogP) is 3.87. The van der Waals surface area contributed by atoms with Gasteiger partial charge < -0.3 is 10.6 Å². The average Bonchev–Trinajstić information content (AvgIpc) is 2.87. The molecule has 120 valence electrons. The molecule has 21 heavy (non-hydrogen) atoms. The van der Waals surface area contributed by atoms with E-state index < -0.39 is 0 Å². The topological polar surface area (TPSA) is 49.3 Å². The van der Waals surface area contributed by atoms with Gasteiger partial charge in [0.2, 0.25) is 0 Å². The number of aryl methyl sites for hydroxylation is 1. The predicted molar refractivity (Wildman–Crippen MR) is 93.0 cm³/mol. The number of aromatic nitrogens is 1. The summed E-state index contributed by atoms with van der Waals surface area (Å²) >= 11 is 1.71. The number of hydrogen-bond donors (Lipinski definition) is 2. The molecule has 0 amide bonds. The van der Waals surface area contributed by atoms with Gasteiger partial charge in [-0.2, -0.15) is 0 Å². The molecule has 0 saturated heterocycles. The third kappa shape index (κ3) is 8.05. The van der Waals surface area contributed by atoms with Gasteiger partial charge in [0.1, 0.15) is 5.01 Å². The van der Waals surface area contributed by atoms with E-state index in [1.54, 1.807) is 11.3 Å². The molecule has 0 aromatic carbocycles. The van der Waals surface area contributed by atoms with Crippen LogP contribution in [0, 0.1) is 6.92 Å². The molecule has 5 heteroatoms. The van der Waals surface area contributed by atoms with Gasteiger partial charge in [-0.1, -0.05) is 32.6 Å². The van der Waals surface area contributed by atoms with Crippen LogP contribution in [0.5, 0.6) is 0 Å². The molecule has 0 bridgehead atoms. The van der Waals surface area contributed by atoms with Crippen LogP contribution in [0.2, 0.25) is 0 Å². The van der Waals surface area contributed by atoms with Crippen molar-refractivity contribution in [2.75, 3.05) is 6.54 Å². The molecular weight excluding hydrogens is 280 g/mol. The van der Waals surface area contributed by atoms with Crippen molar-refractivity contribution in [3.63, 3.8) is 0 Å². The average molecular weight is 311 g/mol. The van der Waals surface area contributed by atoms with Crippen LogP contribution < -0.4 is 10.6 Å². The van der Waals surface area contributed by atoms with Gasteiger partial charge in [0, 0.05) is 23.7 Å². The van der Waals surface area contributed by atoms with Crippen molar-refractivity contribution in [2.45, 2.75) is 72.4 Å². The summed E-state index contributed by atoms with van der Waals surface area (Å²) in [7, 11) is 0. The Balaban J connectivity index is 2.40. The van der Waals surface area contributed by atoms with Crippen LogP contribution >= 0.6 is 11.3 Å². The summed E-state index contributed by atoms with van der Waals surface area (Å²) in [5.74, 6) is 0.897. The largest absolute Gasteiger partial charge is 0.357 e. The molecule has 1 aromatic rings. The second-order valence-electron chi connectivity index (χ2n) is 5.45. The lowest BCUT2D eigenvalue weighted by Crippen LogP contribution is -2.42. The second-order valence-corrected chi connectivity index (χ2v) is 6.77. The van der Waals surface area contributed by atoms with Crippen molar-refractivity contribution in [3.8, 4) is 0 Å². The van der Waals surface area contributed by atoms with Gasteiger partial charge in [0.25, 0.3) is 0 Å². The van der Waals surface area contributed by atoms with Crippen molar-refractivity contribution in [1.82, 2.24) is 15.6 Å². The fourth-order valence-corrected chi connectivity index (χ4v) is 2.84. The minimum atomic E-state index is 0.456. The first kappa shape index (κ1) is 18.0. The van der Waals surface area contributed by atoms with E-state index in [4.69, 9.17) is 0 Å². The van der Waals surface area contributed by atoms with Gasteiger partial charge in [-0.25, -0.2) is 9.98 Å². The Bertz CT molecular complexity index is 414. The quantitative estimate of drug-likeness (QED) is 0.413. The van der Waals surface area contributed by atoms with Crippen LogP contribution in [-0.2, 0) is 6.54 Å². The zero-order chi connectivity index (χ0) is 15.5. The zero-order valence-corrected chi connectivity index (χ0v) is 14.7. The maximum Gasteiger partial charge on any atom is 0.191 e. The standard InChI is InChI=1S/C16H30N4S/c1-5-7-8-9-10-13(3)20-16(17-6-2)19-12-15-18-11-14(4)21-15/h11,13H,5-10,12H2,1-4H3,(H2,17,19,20). The summed E-state index contributed by atoms with van der Waals surface area (Å²) in [5, 5.41) is 7.87. The number of thiazole rings is 1. The number of guanidine groups is 1. The van der Waals surface area contributed by atoms with Crippen molar-refractivity contribution >= 4 is 17.3 Å². The maximum absolute atomic E-state index is 4.62. The number of hydrogen-bond acceptors (Lipinski definition) is 3. The van der Waals surface area contributed by atoms with Crippen molar-refractivity contribution in [3.05, 3.63) is 16.1 Å². The molecule has 0 radical (unpaired) electrons. The molecule has 1 unspecified atom stereocenters. The molecule has 0 saturated carbocycles. The molecule has 0 spiro atoms. The van der Waals surface area contributed by atoms with Crippen LogP contribution in [0.15, 0.2) is 11.2 Å². The van der Waals surface area contributed by atoms with Crippen molar-refractivity contribution < 1.29 is 0 Å². The van der Waals surface area contributed by atoms with E-state index >= 15 is 0 Å². The highest BCUT2D eigenvalue weighted by Crippen LogP contribution is 2.12. The first-order chi connectivity index (χ1) is 10.2. The number of nitrogens with one attached hydrogen (secondary N) is 2. The molecule has 0 aliphatic heterocycles. The van der Waals surface area contributed by atoms with Gasteiger partial charge in [0.05, 0.1) is 6.54 Å². The number of aliphatic imine (C=N–C) groups is 1. The number of rotatable bonds is 9. The lowest BCUT2D eigenvalue weighted by Gasteiger charge is -2.17. The van der Waals surface area contributed by atoms with E-state index in [2.05, 4.69) is 48.3 Å². The van der Waals surface area contributed by atoms with E-state index in [9.17, 15) is 0 Å². The van der Waals surface area contributed by atoms with E-state index in [1.807, 2.05) is 6.20 Å². The monoisotopic (exact) mass is 310 g/mol. The van der Waals surface area contributed by atoms with Gasteiger partial charge in [-0.3, -0.25) is 0 Å². The Hall–Kier alpha value is -1.10. The lowest BCUT2D eigenvalue weighted by atomic mass is 10.1. The summed E-state index contributed by atoms with van der Waals surface area (Å²) in [6.07, 6.45) is 8.35. The molecule has 0 aliphatic rings. The molecule has 0 fully saturated rings. The highest BCUT2D eigenvalue weighted by molar-refractivity contribution is 7.11. The molecule has 1 heterocycles. The summed E-state index contributed by atoms with van der Waals surface area (Å²) in [5.41, 5.74) is 0. The molecule has 2 N–H and O–H groups in total. The van der Waals surface area contributed by atoms with Crippen LogP contribution in [-0.4, -0.2) is 23.5 Å². The third-order valence-corrected chi connectivity index (χ3v) is 4.16. The molecule has 1 atom stereocenters. The maximum atomic E-state index is 4.62. The second kappa shape index (κ2) is 10.6. The van der Waals surface area contributed by atoms with E-state index in [1.165, 1.54) is 37.0 Å². The first-order valence-corrected chi connectivity index (χ1v) is 8.93. The summed E-state index contributed by atoms with van der Waals surface area (Å²) in [4.78, 5) is 10.2. The molecular formula is C16H30N4S. The van der Waals surface area contributed by atoms with Crippen LogP contribution in [0.3, 0.4) is 0 Å². The van der Waals surface area contributed by atoms with Crippen molar-refractivity contribution in [1.29, 1.82) is 0 Å². The van der Waals surface area contributed by atoms with Crippen LogP contribution in [0.1, 0.15) is 62.8 Å². The Morgan fingerprint density at radius 3 is 2.76 bits per heavy atom. The number of nitrogens with zero attached hydrogens (tertiary/aromatic N) is 2. The minimum absolute atomic E-state index is 0.456. The summed E-state index contributed by atoms with van der Waals surface area (Å²) < 4.78 is 0. The number of unbranched alkanes of at least 4 members (excludes halogenated alkanes) is 3. The molecule has 4 nitrogen and oxygen atoms in total. The van der Waals surface area contributed by atoms with Gasteiger partial charge in [-0.05, 0) is 27.2 Å². The first-order valence-electron chi connectivity index (χ1n) is 8.11. The van der Waals surface area contributed by atoms with Crippen LogP contribution in [0.25, 0.3) is 0 Å². The summed E-state index contributed by atoms with van der Waals surface area (Å²) in [6.45, 7) is 10.2. The highest BCUT2D eigenvalue weighted by atomic mass is 32.1. The third-order valence-electron chi connectivity index (χ3n) is 3.26. The fourth-order valence-electron chi connectivity index (χ4n) is 2.12. The highest BCUT2D eigenvalue weighted by Gasteiger charge is 2.05. The lowest BCUT2D eigenvalue weighted by molar-refractivity contribution is 0.537. The van der Waals surface area contributed by atoms with Crippen molar-refractivity contribution in [2.24, 2.45) is 4.99 Å². The Labute approximate surface area is 133 Å². The van der Waals surface area contributed by atoms with E-state index in [0.29, 0.717) is 12.6 Å². The minimum Gasteiger partial charge on any atom is -0.357 e. The SMILES string of the molecule is CCCCCCC(C)NC(=NCc1ncc(C)s1)NCC. The van der Waals surface area contributed by atoms with E-state index in [0.717, 1.165) is 17.5 Å². The Morgan fingerprint density at radius 2 is 2.14 bits per heavy atom. The Morgan fingerprint density at radius 1 is 1.33 bits per heavy atom. The van der Waals surface area contributed by atoms with Gasteiger partial charge >= 0.3 is 0 Å². The smallest absolute Gasteiger partial charge is 0.191 e. The fraction of sp³-hybridized carbons (Fsp3) is 0.750. The van der Waals surface area contributed by atoms with E-state index in [-0.39, 0.29) is 0 Å². The Kier molecular flexibility index (Phi) is 9.06. The van der Waals surface area contributed by atoms with Gasteiger partial charge in [0.15, 0.2) is 5.96 Å². The molecule has 0 aliphatic carbocycles.